The molecule has 9 nitrogen and oxygen atoms in total. The second-order valence-corrected chi connectivity index (χ2v) is 11.0. The van der Waals surface area contributed by atoms with E-state index in [0.29, 0.717) is 37.2 Å². The molecule has 2 aromatic carbocycles. The number of ether oxygens (including phenoxy) is 2. The average Bonchev–Trinajstić information content (AvgIpc) is 2.88. The number of halogens is 1. The molecule has 1 fully saturated rings. The van der Waals surface area contributed by atoms with E-state index in [2.05, 4.69) is 6.07 Å². The number of sulfonamides is 1. The zero-order valence-corrected chi connectivity index (χ0v) is 22.9. The van der Waals surface area contributed by atoms with Crippen LogP contribution in [-0.4, -0.2) is 63.3 Å². The lowest BCUT2D eigenvalue weighted by molar-refractivity contribution is -0.140. The summed E-state index contributed by atoms with van der Waals surface area (Å²) in [6, 6.07) is 13.6. The maximum absolute atomic E-state index is 13.2. The first-order valence-corrected chi connectivity index (χ1v) is 14.2. The second-order valence-electron chi connectivity index (χ2n) is 8.67. The van der Waals surface area contributed by atoms with Gasteiger partial charge in [-0.05, 0) is 42.8 Å². The minimum absolute atomic E-state index is 0.0294. The Morgan fingerprint density at radius 3 is 2.58 bits per heavy atom. The molecule has 0 unspecified atom stereocenters. The highest BCUT2D eigenvalue weighted by atomic mass is 35.5. The van der Waals surface area contributed by atoms with E-state index in [4.69, 9.17) is 26.3 Å². The molecule has 202 valence electrons. The standard InChI is InChI=1S/C27H30ClN3O6S/c1-3-36-27(33)19-38(34,35)31(13-5-8-21-6-4-7-22(16-21)18-29)23-9-10-26(25(28)17-23)37-24-11-14-30(15-12-24)20(2)32/h4-10,16-17,24H,3,11-15,19H2,1-2H3. The van der Waals surface area contributed by atoms with E-state index < -0.39 is 21.7 Å². The van der Waals surface area contributed by atoms with Gasteiger partial charge in [0.1, 0.15) is 11.9 Å². The van der Waals surface area contributed by atoms with Crippen molar-refractivity contribution in [2.24, 2.45) is 0 Å². The van der Waals surface area contributed by atoms with Crippen molar-refractivity contribution in [3.63, 3.8) is 0 Å². The molecule has 1 amide bonds. The number of esters is 1. The molecule has 0 N–H and O–H groups in total. The van der Waals surface area contributed by atoms with E-state index in [1.165, 1.54) is 13.0 Å². The van der Waals surface area contributed by atoms with Gasteiger partial charge < -0.3 is 14.4 Å². The lowest BCUT2D eigenvalue weighted by atomic mass is 10.1. The second kappa shape index (κ2) is 13.3. The molecule has 38 heavy (non-hydrogen) atoms. The van der Waals surface area contributed by atoms with E-state index in [0.717, 1.165) is 9.87 Å². The number of piperidine rings is 1. The van der Waals surface area contributed by atoms with Gasteiger partial charge in [0.05, 0.1) is 35.5 Å². The number of anilines is 1. The van der Waals surface area contributed by atoms with Crippen LogP contribution in [-0.2, 0) is 24.3 Å². The molecule has 0 saturated carbocycles. The molecule has 1 heterocycles. The lowest BCUT2D eigenvalue weighted by Gasteiger charge is -2.31. The van der Waals surface area contributed by atoms with Crippen molar-refractivity contribution >= 4 is 45.3 Å². The maximum atomic E-state index is 13.2. The Bertz CT molecular complexity index is 1330. The SMILES string of the molecule is CCOC(=O)CS(=O)(=O)N(CC=Cc1cccc(C#N)c1)c1ccc(OC2CCN(C(C)=O)CC2)c(Cl)c1. The summed E-state index contributed by atoms with van der Waals surface area (Å²) in [6.45, 7) is 4.31. The van der Waals surface area contributed by atoms with Crippen molar-refractivity contribution < 1.29 is 27.5 Å². The predicted molar refractivity (Wildman–Crippen MR) is 145 cm³/mol. The van der Waals surface area contributed by atoms with Crippen molar-refractivity contribution in [2.45, 2.75) is 32.8 Å². The minimum Gasteiger partial charge on any atom is -0.489 e. The van der Waals surface area contributed by atoms with Crippen molar-refractivity contribution in [3.8, 4) is 11.8 Å². The van der Waals surface area contributed by atoms with Crippen LogP contribution >= 0.6 is 11.6 Å². The number of hydrogen-bond acceptors (Lipinski definition) is 7. The molecule has 0 radical (unpaired) electrons. The zero-order valence-electron chi connectivity index (χ0n) is 21.3. The first-order valence-electron chi connectivity index (χ1n) is 12.2. The smallest absolute Gasteiger partial charge is 0.323 e. The Morgan fingerprint density at radius 1 is 1.21 bits per heavy atom. The molecule has 0 atom stereocenters. The highest BCUT2D eigenvalue weighted by Gasteiger charge is 2.27. The van der Waals surface area contributed by atoms with Crippen LogP contribution in [0.25, 0.3) is 6.08 Å². The molecule has 3 rings (SSSR count). The summed E-state index contributed by atoms with van der Waals surface area (Å²) < 4.78 is 38.4. The molecule has 2 aromatic rings. The molecule has 1 aliphatic heterocycles. The fraction of sp³-hybridized carbons (Fsp3) is 0.370. The Kier molecular flexibility index (Phi) is 10.2. The summed E-state index contributed by atoms with van der Waals surface area (Å²) >= 11 is 6.49. The van der Waals surface area contributed by atoms with Gasteiger partial charge in [0.2, 0.25) is 15.9 Å². The van der Waals surface area contributed by atoms with Gasteiger partial charge in [-0.15, -0.1) is 0 Å². The van der Waals surface area contributed by atoms with E-state index in [-0.39, 0.29) is 35.9 Å². The van der Waals surface area contributed by atoms with Gasteiger partial charge in [-0.3, -0.25) is 13.9 Å². The normalized spacial score (nSPS) is 14.2. The summed E-state index contributed by atoms with van der Waals surface area (Å²) in [4.78, 5) is 25.3. The van der Waals surface area contributed by atoms with Crippen LogP contribution in [0.4, 0.5) is 5.69 Å². The zero-order chi connectivity index (χ0) is 27.7. The molecule has 0 bridgehead atoms. The van der Waals surface area contributed by atoms with Gasteiger partial charge in [0, 0.05) is 32.9 Å². The van der Waals surface area contributed by atoms with Crippen LogP contribution in [0.15, 0.2) is 48.5 Å². The molecule has 11 heteroatoms. The van der Waals surface area contributed by atoms with Crippen LogP contribution in [0, 0.1) is 11.3 Å². The molecular formula is C27H30ClN3O6S. The van der Waals surface area contributed by atoms with Gasteiger partial charge in [0.15, 0.2) is 5.75 Å². The van der Waals surface area contributed by atoms with Crippen molar-refractivity contribution in [1.29, 1.82) is 5.26 Å². The van der Waals surface area contributed by atoms with Gasteiger partial charge in [-0.25, -0.2) is 8.42 Å². The Morgan fingerprint density at radius 2 is 1.95 bits per heavy atom. The monoisotopic (exact) mass is 559 g/mol. The molecule has 0 aromatic heterocycles. The largest absolute Gasteiger partial charge is 0.489 e. The minimum atomic E-state index is -4.12. The molecular weight excluding hydrogens is 530 g/mol. The number of rotatable bonds is 10. The fourth-order valence-electron chi connectivity index (χ4n) is 4.01. The number of benzene rings is 2. The number of likely N-dealkylation sites (tertiary alicyclic amines) is 1. The van der Waals surface area contributed by atoms with Crippen LogP contribution in [0.2, 0.25) is 5.02 Å². The number of carbonyl (C=O) groups excluding carboxylic acids is 2. The third kappa shape index (κ3) is 7.97. The first kappa shape index (κ1) is 29.0. The average molecular weight is 560 g/mol. The molecule has 1 aliphatic rings. The number of nitriles is 1. The Balaban J connectivity index is 1.81. The number of carbonyl (C=O) groups is 2. The summed E-state index contributed by atoms with van der Waals surface area (Å²) in [6.07, 6.45) is 4.52. The van der Waals surface area contributed by atoms with Crippen LogP contribution in [0.5, 0.6) is 5.75 Å². The number of nitrogens with zero attached hydrogens (tertiary/aromatic N) is 3. The first-order chi connectivity index (χ1) is 18.1. The summed E-state index contributed by atoms with van der Waals surface area (Å²) in [5, 5.41) is 9.32. The molecule has 0 spiro atoms. The van der Waals surface area contributed by atoms with E-state index in [1.54, 1.807) is 60.4 Å². The Labute approximate surface area is 228 Å². The van der Waals surface area contributed by atoms with Crippen molar-refractivity contribution in [3.05, 3.63) is 64.7 Å². The van der Waals surface area contributed by atoms with E-state index in [1.807, 2.05) is 0 Å². The predicted octanol–water partition coefficient (Wildman–Crippen LogP) is 4.01. The van der Waals surface area contributed by atoms with Crippen LogP contribution < -0.4 is 9.04 Å². The van der Waals surface area contributed by atoms with Gasteiger partial charge in [-0.2, -0.15) is 5.26 Å². The third-order valence-electron chi connectivity index (χ3n) is 5.92. The number of amides is 1. The van der Waals surface area contributed by atoms with Crippen molar-refractivity contribution in [1.82, 2.24) is 4.90 Å². The maximum Gasteiger partial charge on any atom is 0.323 e. The summed E-state index contributed by atoms with van der Waals surface area (Å²) in [7, 11) is -4.12. The van der Waals surface area contributed by atoms with Crippen LogP contribution in [0.3, 0.4) is 0 Å². The quantitative estimate of drug-likeness (QED) is 0.404. The van der Waals surface area contributed by atoms with E-state index in [9.17, 15) is 18.0 Å². The summed E-state index contributed by atoms with van der Waals surface area (Å²) in [5.74, 6) is -1.25. The fourth-order valence-corrected chi connectivity index (χ4v) is 5.52. The van der Waals surface area contributed by atoms with Gasteiger partial charge >= 0.3 is 5.97 Å². The lowest BCUT2D eigenvalue weighted by Crippen LogP contribution is -2.40. The third-order valence-corrected chi connectivity index (χ3v) is 7.85. The van der Waals surface area contributed by atoms with Crippen LogP contribution in [0.1, 0.15) is 37.8 Å². The molecule has 0 aliphatic carbocycles. The topological polar surface area (TPSA) is 117 Å². The highest BCUT2D eigenvalue weighted by molar-refractivity contribution is 7.93. The van der Waals surface area contributed by atoms with E-state index >= 15 is 0 Å². The van der Waals surface area contributed by atoms with Crippen molar-refractivity contribution in [2.75, 3.05) is 36.3 Å². The number of hydrogen-bond donors (Lipinski definition) is 0. The highest BCUT2D eigenvalue weighted by Crippen LogP contribution is 2.32. The van der Waals surface area contributed by atoms with Gasteiger partial charge in [0.25, 0.3) is 0 Å². The summed E-state index contributed by atoms with van der Waals surface area (Å²) in [5.41, 5.74) is 1.46. The Hall–Kier alpha value is -3.55. The van der Waals surface area contributed by atoms with Gasteiger partial charge in [-0.1, -0.05) is 35.9 Å². The molecule has 1 saturated heterocycles.